The fourth-order valence-electron chi connectivity index (χ4n) is 1.89. The summed E-state index contributed by atoms with van der Waals surface area (Å²) in [7, 11) is 0. The molecule has 0 aliphatic rings. The molecule has 0 saturated heterocycles. The van der Waals surface area contributed by atoms with Gasteiger partial charge in [0.25, 0.3) is 5.91 Å². The van der Waals surface area contributed by atoms with Crippen LogP contribution in [0.2, 0.25) is 10.0 Å². The van der Waals surface area contributed by atoms with E-state index in [9.17, 15) is 14.8 Å². The molecule has 2 amide bonds. The van der Waals surface area contributed by atoms with Gasteiger partial charge in [0.05, 0.1) is 6.54 Å². The van der Waals surface area contributed by atoms with Crippen LogP contribution in [0.25, 0.3) is 6.08 Å². The maximum atomic E-state index is 11.8. The molecule has 26 heavy (non-hydrogen) atoms. The van der Waals surface area contributed by atoms with Crippen LogP contribution in [0, 0.1) is 0 Å². The number of hydroxylamine groups is 2. The van der Waals surface area contributed by atoms with Crippen molar-refractivity contribution in [2.24, 2.45) is 0 Å². The zero-order valence-electron chi connectivity index (χ0n) is 13.6. The van der Waals surface area contributed by atoms with Crippen LogP contribution >= 0.6 is 23.2 Å². The number of rotatable bonds is 6. The maximum Gasteiger partial charge on any atom is 0.412 e. The number of hydrogen-bond acceptors (Lipinski definition) is 4. The summed E-state index contributed by atoms with van der Waals surface area (Å²) in [5.41, 5.74) is 0.586. The second-order valence-electron chi connectivity index (χ2n) is 5.09. The summed E-state index contributed by atoms with van der Waals surface area (Å²) in [4.78, 5) is 23.4. The quantitative estimate of drug-likeness (QED) is 0.440. The van der Waals surface area contributed by atoms with Gasteiger partial charge in [-0.25, -0.2) is 9.86 Å². The van der Waals surface area contributed by atoms with E-state index in [1.165, 1.54) is 6.08 Å². The minimum Gasteiger partial charge on any atom is -0.410 e. The Morgan fingerprint density at radius 2 is 1.88 bits per heavy atom. The number of nitrogens with one attached hydrogen (secondary N) is 1. The third-order valence-electron chi connectivity index (χ3n) is 3.17. The fraction of sp³-hybridized carbons (Fsp3) is 0.111. The lowest BCUT2D eigenvalue weighted by Gasteiger charge is -2.13. The van der Waals surface area contributed by atoms with Gasteiger partial charge >= 0.3 is 6.09 Å². The maximum absolute atomic E-state index is 11.8. The van der Waals surface area contributed by atoms with Crippen molar-refractivity contribution in [1.29, 1.82) is 0 Å². The topological polar surface area (TPSA) is 78.9 Å². The molecule has 6 nitrogen and oxygen atoms in total. The first-order chi connectivity index (χ1) is 12.5. The van der Waals surface area contributed by atoms with Gasteiger partial charge in [0.15, 0.2) is 0 Å². The van der Waals surface area contributed by atoms with E-state index in [0.29, 0.717) is 26.4 Å². The highest BCUT2D eigenvalue weighted by Gasteiger charge is 2.09. The van der Waals surface area contributed by atoms with Crippen LogP contribution in [0.1, 0.15) is 5.56 Å². The summed E-state index contributed by atoms with van der Waals surface area (Å²) >= 11 is 11.8. The average Bonchev–Trinajstić information content (AvgIpc) is 2.61. The predicted octanol–water partition coefficient (Wildman–Crippen LogP) is 4.01. The number of nitrogens with zero attached hydrogens (tertiary/aromatic N) is 1. The second-order valence-corrected chi connectivity index (χ2v) is 5.93. The number of ether oxygens (including phenoxy) is 1. The molecule has 0 fully saturated rings. The van der Waals surface area contributed by atoms with Gasteiger partial charge in [-0.05, 0) is 35.9 Å². The van der Waals surface area contributed by atoms with Gasteiger partial charge in [0.1, 0.15) is 5.75 Å². The van der Waals surface area contributed by atoms with Gasteiger partial charge in [-0.3, -0.25) is 10.0 Å². The van der Waals surface area contributed by atoms with Crippen molar-refractivity contribution in [3.05, 3.63) is 70.2 Å². The summed E-state index contributed by atoms with van der Waals surface area (Å²) in [6.07, 6.45) is 1.94. The van der Waals surface area contributed by atoms with Crippen molar-refractivity contribution in [3.8, 4) is 5.75 Å². The first-order valence-corrected chi connectivity index (χ1v) is 8.35. The Kier molecular flexibility index (Phi) is 7.47. The zero-order chi connectivity index (χ0) is 18.9. The van der Waals surface area contributed by atoms with E-state index < -0.39 is 12.0 Å². The highest BCUT2D eigenvalue weighted by molar-refractivity contribution is 6.35. The Labute approximate surface area is 160 Å². The smallest absolute Gasteiger partial charge is 0.410 e. The highest BCUT2D eigenvalue weighted by Crippen LogP contribution is 2.22. The van der Waals surface area contributed by atoms with Crippen molar-refractivity contribution in [2.45, 2.75) is 0 Å². The van der Waals surface area contributed by atoms with Crippen LogP contribution < -0.4 is 10.1 Å². The van der Waals surface area contributed by atoms with Crippen molar-refractivity contribution in [2.75, 3.05) is 13.1 Å². The van der Waals surface area contributed by atoms with Crippen molar-refractivity contribution in [3.63, 3.8) is 0 Å². The molecule has 0 aliphatic carbocycles. The van der Waals surface area contributed by atoms with E-state index in [0.717, 1.165) is 6.08 Å². The highest BCUT2D eigenvalue weighted by atomic mass is 35.5. The third kappa shape index (κ3) is 6.40. The average molecular weight is 395 g/mol. The SMILES string of the molecule is O=C(NCCN(O)C(=O)/C=C/c1ccc(Cl)cc1Cl)Oc1ccccc1. The number of halogens is 2. The monoisotopic (exact) mass is 394 g/mol. The molecule has 0 spiro atoms. The van der Waals surface area contributed by atoms with E-state index in [1.54, 1.807) is 48.5 Å². The van der Waals surface area contributed by atoms with Gasteiger partial charge in [0, 0.05) is 22.7 Å². The molecular formula is C18H16Cl2N2O4. The summed E-state index contributed by atoms with van der Waals surface area (Å²) in [6.45, 7) is -0.0924. The molecule has 2 aromatic rings. The Morgan fingerprint density at radius 3 is 2.58 bits per heavy atom. The summed E-state index contributed by atoms with van der Waals surface area (Å²) in [5.74, 6) is -0.265. The van der Waals surface area contributed by atoms with Gasteiger partial charge in [-0.15, -0.1) is 0 Å². The molecule has 136 valence electrons. The third-order valence-corrected chi connectivity index (χ3v) is 3.73. The van der Waals surface area contributed by atoms with Crippen LogP contribution in [0.4, 0.5) is 4.79 Å². The van der Waals surface area contributed by atoms with E-state index in [1.807, 2.05) is 0 Å². The molecule has 0 atom stereocenters. The number of carbonyl (C=O) groups excluding carboxylic acids is 2. The molecule has 2 rings (SSSR count). The normalized spacial score (nSPS) is 10.6. The Bertz CT molecular complexity index is 797. The lowest BCUT2D eigenvalue weighted by Crippen LogP contribution is -2.36. The Balaban J connectivity index is 1.76. The number of hydrogen-bond donors (Lipinski definition) is 2. The second kappa shape index (κ2) is 9.82. The molecule has 2 N–H and O–H groups in total. The lowest BCUT2D eigenvalue weighted by atomic mass is 10.2. The standard InChI is InChI=1S/C18H16Cl2N2O4/c19-14-8-6-13(16(20)12-14)7-9-17(23)22(25)11-10-21-18(24)26-15-4-2-1-3-5-15/h1-9,12,25H,10-11H2,(H,21,24)/b9-7+. The van der Waals surface area contributed by atoms with E-state index in [4.69, 9.17) is 27.9 Å². The van der Waals surface area contributed by atoms with Crippen molar-refractivity contribution >= 4 is 41.3 Å². The van der Waals surface area contributed by atoms with E-state index in [2.05, 4.69) is 5.32 Å². The molecule has 0 saturated carbocycles. The molecule has 0 unspecified atom stereocenters. The summed E-state index contributed by atoms with van der Waals surface area (Å²) in [6, 6.07) is 13.4. The predicted molar refractivity (Wildman–Crippen MR) is 99.5 cm³/mol. The van der Waals surface area contributed by atoms with Crippen LogP contribution in [0.5, 0.6) is 5.75 Å². The number of para-hydroxylation sites is 1. The van der Waals surface area contributed by atoms with Gasteiger partial charge in [-0.1, -0.05) is 47.5 Å². The number of benzene rings is 2. The van der Waals surface area contributed by atoms with E-state index >= 15 is 0 Å². The molecule has 0 radical (unpaired) electrons. The van der Waals surface area contributed by atoms with E-state index in [-0.39, 0.29) is 13.1 Å². The van der Waals surface area contributed by atoms with Gasteiger partial charge < -0.3 is 10.1 Å². The van der Waals surface area contributed by atoms with Crippen molar-refractivity contribution in [1.82, 2.24) is 10.4 Å². The lowest BCUT2D eigenvalue weighted by molar-refractivity contribution is -0.158. The van der Waals surface area contributed by atoms with Crippen molar-refractivity contribution < 1.29 is 19.5 Å². The molecule has 2 aromatic carbocycles. The fourth-order valence-corrected chi connectivity index (χ4v) is 2.36. The first kappa shape index (κ1) is 19.8. The summed E-state index contributed by atoms with van der Waals surface area (Å²) < 4.78 is 5.01. The first-order valence-electron chi connectivity index (χ1n) is 7.60. The van der Waals surface area contributed by atoms with Crippen LogP contribution in [0.3, 0.4) is 0 Å². The number of amides is 2. The van der Waals surface area contributed by atoms with Crippen LogP contribution in [-0.4, -0.2) is 35.4 Å². The van der Waals surface area contributed by atoms with Crippen LogP contribution in [-0.2, 0) is 4.79 Å². The summed E-state index contributed by atoms with van der Waals surface area (Å²) in [5, 5.41) is 13.5. The molecule has 8 heteroatoms. The molecule has 0 heterocycles. The Hall–Kier alpha value is -2.54. The molecule has 0 aromatic heterocycles. The Morgan fingerprint density at radius 1 is 1.15 bits per heavy atom. The number of carbonyl (C=O) groups is 2. The minimum atomic E-state index is -0.680. The van der Waals surface area contributed by atoms with Gasteiger partial charge in [0.2, 0.25) is 0 Å². The molecule has 0 bridgehead atoms. The minimum absolute atomic E-state index is 0.0173. The zero-order valence-corrected chi connectivity index (χ0v) is 15.1. The molecular weight excluding hydrogens is 379 g/mol. The molecule has 0 aliphatic heterocycles. The largest absolute Gasteiger partial charge is 0.412 e. The van der Waals surface area contributed by atoms with Gasteiger partial charge in [-0.2, -0.15) is 0 Å². The van der Waals surface area contributed by atoms with Crippen LogP contribution in [0.15, 0.2) is 54.6 Å².